The van der Waals surface area contributed by atoms with E-state index >= 15 is 0 Å². The highest BCUT2D eigenvalue weighted by molar-refractivity contribution is 7.89. The number of sulfonamides is 1. The summed E-state index contributed by atoms with van der Waals surface area (Å²) in [4.78, 5) is 11.1. The van der Waals surface area contributed by atoms with Crippen LogP contribution in [-0.4, -0.2) is 20.4 Å². The highest BCUT2D eigenvalue weighted by Crippen LogP contribution is 2.30. The standard InChI is InChI=1S/C11H12ClFN2O3S/c1-5-2-8(5)15-11(16)7-3-6(12)4-9(10(7)13)19(14,17)18/h3-5,8H,2H2,1H3,(H,15,16)(H2,14,17,18). The first kappa shape index (κ1) is 14.2. The molecule has 1 aliphatic carbocycles. The average molecular weight is 307 g/mol. The lowest BCUT2D eigenvalue weighted by atomic mass is 10.2. The monoisotopic (exact) mass is 306 g/mol. The first-order valence-corrected chi connectivity index (χ1v) is 7.45. The van der Waals surface area contributed by atoms with Gasteiger partial charge in [0.05, 0.1) is 5.56 Å². The number of benzene rings is 1. The number of nitrogens with one attached hydrogen (secondary N) is 1. The fraction of sp³-hybridized carbons (Fsp3) is 0.364. The number of carbonyl (C=O) groups excluding carboxylic acids is 1. The van der Waals surface area contributed by atoms with Gasteiger partial charge in [-0.05, 0) is 24.5 Å². The van der Waals surface area contributed by atoms with Crippen molar-refractivity contribution in [2.45, 2.75) is 24.3 Å². The first-order chi connectivity index (χ1) is 8.70. The zero-order valence-electron chi connectivity index (χ0n) is 9.98. The van der Waals surface area contributed by atoms with Gasteiger partial charge in [0.25, 0.3) is 5.91 Å². The van der Waals surface area contributed by atoms with Crippen LogP contribution in [0.2, 0.25) is 5.02 Å². The molecule has 0 saturated heterocycles. The summed E-state index contributed by atoms with van der Waals surface area (Å²) < 4.78 is 36.4. The Bertz CT molecular complexity index is 648. The molecule has 0 aromatic heterocycles. The summed E-state index contributed by atoms with van der Waals surface area (Å²) in [5.41, 5.74) is -0.421. The van der Waals surface area contributed by atoms with Gasteiger partial charge in [0, 0.05) is 11.1 Å². The van der Waals surface area contributed by atoms with E-state index in [-0.39, 0.29) is 11.1 Å². The van der Waals surface area contributed by atoms with Gasteiger partial charge in [0.2, 0.25) is 10.0 Å². The molecule has 1 saturated carbocycles. The predicted octanol–water partition coefficient (Wildman–Crippen LogP) is 1.26. The van der Waals surface area contributed by atoms with Crippen molar-refractivity contribution in [2.24, 2.45) is 11.1 Å². The number of rotatable bonds is 3. The number of halogens is 2. The molecule has 2 unspecified atom stereocenters. The molecule has 2 rings (SSSR count). The molecule has 0 aliphatic heterocycles. The maximum Gasteiger partial charge on any atom is 0.254 e. The molecule has 0 bridgehead atoms. The Morgan fingerprint density at radius 1 is 1.53 bits per heavy atom. The number of nitrogens with two attached hydrogens (primary N) is 1. The van der Waals surface area contributed by atoms with E-state index < -0.39 is 32.2 Å². The lowest BCUT2D eigenvalue weighted by Gasteiger charge is -2.08. The molecule has 5 nitrogen and oxygen atoms in total. The van der Waals surface area contributed by atoms with E-state index in [2.05, 4.69) is 5.32 Å². The molecule has 1 aromatic carbocycles. The number of hydrogen-bond donors (Lipinski definition) is 2. The van der Waals surface area contributed by atoms with Crippen LogP contribution in [0, 0.1) is 11.7 Å². The molecule has 1 aliphatic rings. The minimum atomic E-state index is -4.28. The van der Waals surface area contributed by atoms with Crippen LogP contribution in [0.15, 0.2) is 17.0 Å². The van der Waals surface area contributed by atoms with Crippen molar-refractivity contribution in [1.29, 1.82) is 0 Å². The quantitative estimate of drug-likeness (QED) is 0.881. The third-order valence-corrected chi connectivity index (χ3v) is 4.11. The molecule has 19 heavy (non-hydrogen) atoms. The molecule has 1 aromatic rings. The Labute approximate surface area is 115 Å². The Morgan fingerprint density at radius 3 is 2.58 bits per heavy atom. The van der Waals surface area contributed by atoms with Gasteiger partial charge in [-0.15, -0.1) is 0 Å². The van der Waals surface area contributed by atoms with Crippen LogP contribution in [0.1, 0.15) is 23.7 Å². The van der Waals surface area contributed by atoms with Crippen molar-refractivity contribution in [2.75, 3.05) is 0 Å². The molecule has 0 heterocycles. The van der Waals surface area contributed by atoms with E-state index in [0.717, 1.165) is 18.6 Å². The van der Waals surface area contributed by atoms with Crippen molar-refractivity contribution >= 4 is 27.5 Å². The molecular weight excluding hydrogens is 295 g/mol. The Kier molecular flexibility index (Phi) is 3.55. The number of primary sulfonamides is 1. The largest absolute Gasteiger partial charge is 0.349 e. The lowest BCUT2D eigenvalue weighted by Crippen LogP contribution is -2.28. The van der Waals surface area contributed by atoms with Crippen LogP contribution in [0.5, 0.6) is 0 Å². The summed E-state index contributed by atoms with van der Waals surface area (Å²) in [5.74, 6) is -1.54. The second-order valence-corrected chi connectivity index (χ2v) is 6.57. The summed E-state index contributed by atoms with van der Waals surface area (Å²) in [6.07, 6.45) is 0.815. The number of amides is 1. The summed E-state index contributed by atoms with van der Waals surface area (Å²) in [6, 6.07) is 1.94. The zero-order valence-corrected chi connectivity index (χ0v) is 11.6. The second kappa shape index (κ2) is 4.73. The Morgan fingerprint density at radius 2 is 2.11 bits per heavy atom. The molecule has 0 spiro atoms. The topological polar surface area (TPSA) is 89.3 Å². The highest BCUT2D eigenvalue weighted by Gasteiger charge is 2.35. The van der Waals surface area contributed by atoms with Crippen LogP contribution in [0.4, 0.5) is 4.39 Å². The van der Waals surface area contributed by atoms with E-state index in [1.165, 1.54) is 0 Å². The van der Waals surface area contributed by atoms with Crippen molar-refractivity contribution in [1.82, 2.24) is 5.32 Å². The van der Waals surface area contributed by atoms with Crippen molar-refractivity contribution < 1.29 is 17.6 Å². The SMILES string of the molecule is CC1CC1NC(=O)c1cc(Cl)cc(S(N)(=O)=O)c1F. The highest BCUT2D eigenvalue weighted by atomic mass is 35.5. The molecule has 1 amide bonds. The summed E-state index contributed by atoms with van der Waals surface area (Å²) in [6.45, 7) is 1.94. The predicted molar refractivity (Wildman–Crippen MR) is 67.8 cm³/mol. The molecule has 104 valence electrons. The Balaban J connectivity index is 2.40. The van der Waals surface area contributed by atoms with Gasteiger partial charge >= 0.3 is 0 Å². The van der Waals surface area contributed by atoms with E-state index in [0.29, 0.717) is 5.92 Å². The molecule has 3 N–H and O–H groups in total. The lowest BCUT2D eigenvalue weighted by molar-refractivity contribution is 0.0944. The Hall–Kier alpha value is -1.18. The third kappa shape index (κ3) is 3.05. The normalized spacial score (nSPS) is 22.1. The van der Waals surface area contributed by atoms with Crippen molar-refractivity contribution in [3.8, 4) is 0 Å². The van der Waals surface area contributed by atoms with Crippen LogP contribution in [0.3, 0.4) is 0 Å². The van der Waals surface area contributed by atoms with Crippen molar-refractivity contribution in [3.05, 3.63) is 28.5 Å². The molecule has 2 atom stereocenters. The van der Waals surface area contributed by atoms with Crippen LogP contribution in [-0.2, 0) is 10.0 Å². The fourth-order valence-electron chi connectivity index (χ4n) is 1.71. The van der Waals surface area contributed by atoms with Gasteiger partial charge in [0.15, 0.2) is 5.82 Å². The van der Waals surface area contributed by atoms with Crippen LogP contribution < -0.4 is 10.5 Å². The maximum absolute atomic E-state index is 14.0. The van der Waals surface area contributed by atoms with E-state index in [9.17, 15) is 17.6 Å². The molecule has 8 heteroatoms. The average Bonchev–Trinajstić information content (AvgIpc) is 2.95. The van der Waals surface area contributed by atoms with Crippen LogP contribution >= 0.6 is 11.6 Å². The molecule has 0 radical (unpaired) electrons. The van der Waals surface area contributed by atoms with Crippen LogP contribution in [0.25, 0.3) is 0 Å². The molecule has 1 fully saturated rings. The minimum Gasteiger partial charge on any atom is -0.349 e. The third-order valence-electron chi connectivity index (χ3n) is 2.98. The number of carbonyl (C=O) groups is 1. The smallest absolute Gasteiger partial charge is 0.254 e. The van der Waals surface area contributed by atoms with E-state index in [1.54, 1.807) is 0 Å². The fourth-order valence-corrected chi connectivity index (χ4v) is 2.64. The zero-order chi connectivity index (χ0) is 14.4. The summed E-state index contributed by atoms with van der Waals surface area (Å²) in [5, 5.41) is 7.40. The number of hydrogen-bond acceptors (Lipinski definition) is 3. The van der Waals surface area contributed by atoms with E-state index in [1.807, 2.05) is 6.92 Å². The molecular formula is C11H12ClFN2O3S. The van der Waals surface area contributed by atoms with Crippen molar-refractivity contribution in [3.63, 3.8) is 0 Å². The maximum atomic E-state index is 14.0. The van der Waals surface area contributed by atoms with E-state index in [4.69, 9.17) is 16.7 Å². The van der Waals surface area contributed by atoms with Gasteiger partial charge in [-0.1, -0.05) is 18.5 Å². The summed E-state index contributed by atoms with van der Waals surface area (Å²) >= 11 is 5.69. The van der Waals surface area contributed by atoms with Gasteiger partial charge in [-0.3, -0.25) is 4.79 Å². The van der Waals surface area contributed by atoms with Gasteiger partial charge in [-0.25, -0.2) is 17.9 Å². The summed E-state index contributed by atoms with van der Waals surface area (Å²) in [7, 11) is -4.28. The van der Waals surface area contributed by atoms with Gasteiger partial charge < -0.3 is 5.32 Å². The minimum absolute atomic E-state index is 0.0104. The van der Waals surface area contributed by atoms with Gasteiger partial charge in [-0.2, -0.15) is 0 Å². The van der Waals surface area contributed by atoms with Gasteiger partial charge in [0.1, 0.15) is 4.90 Å². The second-order valence-electron chi connectivity index (χ2n) is 4.60. The first-order valence-electron chi connectivity index (χ1n) is 5.53.